The molecule has 0 aliphatic heterocycles. The van der Waals surface area contributed by atoms with Crippen LogP contribution in [0.1, 0.15) is 26.7 Å². The summed E-state index contributed by atoms with van der Waals surface area (Å²) in [6.07, 6.45) is 0.592. The highest BCUT2D eigenvalue weighted by molar-refractivity contribution is 7.89. The third-order valence-electron chi connectivity index (χ3n) is 2.73. The maximum absolute atomic E-state index is 13.5. The topological polar surface area (TPSA) is 113 Å². The van der Waals surface area contributed by atoms with E-state index < -0.39 is 33.8 Å². The molecule has 0 saturated heterocycles. The number of carbonyl (C=O) groups excluding carboxylic acids is 1. The Bertz CT molecular complexity index is 675. The summed E-state index contributed by atoms with van der Waals surface area (Å²) >= 11 is 0. The lowest BCUT2D eigenvalue weighted by molar-refractivity contribution is -0.139. The van der Waals surface area contributed by atoms with Crippen molar-refractivity contribution in [2.24, 2.45) is 0 Å². The van der Waals surface area contributed by atoms with Gasteiger partial charge in [0.2, 0.25) is 15.9 Å². The number of carboxylic acid groups (broad SMARTS) is 1. The van der Waals surface area contributed by atoms with Crippen LogP contribution in [-0.2, 0) is 19.6 Å². The molecule has 0 bridgehead atoms. The van der Waals surface area contributed by atoms with Crippen LogP contribution in [0.3, 0.4) is 0 Å². The fraction of sp³-hybridized carbons (Fsp3) is 0.385. The zero-order valence-electron chi connectivity index (χ0n) is 12.1. The SMILES string of the molecule is CCCC(NS(=O)(=O)c1ccc(F)c(NC(C)=O)c1)C(=O)O. The van der Waals surface area contributed by atoms with Crippen LogP contribution in [0.4, 0.5) is 10.1 Å². The molecule has 0 radical (unpaired) electrons. The van der Waals surface area contributed by atoms with Crippen molar-refractivity contribution in [2.75, 3.05) is 5.32 Å². The quantitative estimate of drug-likeness (QED) is 0.697. The number of amides is 1. The van der Waals surface area contributed by atoms with Crippen LogP contribution in [0, 0.1) is 5.82 Å². The number of hydrogen-bond acceptors (Lipinski definition) is 4. The maximum Gasteiger partial charge on any atom is 0.321 e. The van der Waals surface area contributed by atoms with Crippen molar-refractivity contribution in [3.05, 3.63) is 24.0 Å². The third-order valence-corrected chi connectivity index (χ3v) is 4.20. The Labute approximate surface area is 127 Å². The summed E-state index contributed by atoms with van der Waals surface area (Å²) in [6, 6.07) is 1.54. The largest absolute Gasteiger partial charge is 0.480 e. The summed E-state index contributed by atoms with van der Waals surface area (Å²) in [5.74, 6) is -2.65. The average Bonchev–Trinajstić information content (AvgIpc) is 2.39. The van der Waals surface area contributed by atoms with E-state index in [1.807, 2.05) is 4.72 Å². The number of benzene rings is 1. The van der Waals surface area contributed by atoms with Crippen LogP contribution in [0.5, 0.6) is 0 Å². The summed E-state index contributed by atoms with van der Waals surface area (Å²) in [4.78, 5) is 21.6. The minimum atomic E-state index is -4.15. The Morgan fingerprint density at radius 2 is 2.00 bits per heavy atom. The summed E-state index contributed by atoms with van der Waals surface area (Å²) in [7, 11) is -4.15. The van der Waals surface area contributed by atoms with Gasteiger partial charge in [-0.1, -0.05) is 13.3 Å². The number of hydrogen-bond donors (Lipinski definition) is 3. The highest BCUT2D eigenvalue weighted by Gasteiger charge is 2.25. The second kappa shape index (κ2) is 7.32. The number of nitrogens with one attached hydrogen (secondary N) is 2. The number of carboxylic acids is 1. The molecule has 7 nitrogen and oxygen atoms in total. The molecular formula is C13H17FN2O5S. The van der Waals surface area contributed by atoms with Gasteiger partial charge in [-0.15, -0.1) is 0 Å². The fourth-order valence-corrected chi connectivity index (χ4v) is 2.98. The van der Waals surface area contributed by atoms with E-state index in [1.165, 1.54) is 0 Å². The predicted octanol–water partition coefficient (Wildman–Crippen LogP) is 1.32. The maximum atomic E-state index is 13.5. The number of sulfonamides is 1. The van der Waals surface area contributed by atoms with Crippen molar-refractivity contribution in [1.29, 1.82) is 0 Å². The van der Waals surface area contributed by atoms with Gasteiger partial charge in [-0.2, -0.15) is 4.72 Å². The van der Waals surface area contributed by atoms with Crippen LogP contribution in [0.2, 0.25) is 0 Å². The van der Waals surface area contributed by atoms with E-state index in [0.717, 1.165) is 25.1 Å². The minimum Gasteiger partial charge on any atom is -0.480 e. The summed E-state index contributed by atoms with van der Waals surface area (Å²) in [6.45, 7) is 2.87. The van der Waals surface area contributed by atoms with Crippen LogP contribution >= 0.6 is 0 Å². The Kier molecular flexibility index (Phi) is 6.01. The molecule has 0 heterocycles. The molecule has 9 heteroatoms. The van der Waals surface area contributed by atoms with Gasteiger partial charge in [0.25, 0.3) is 0 Å². The second-order valence-corrected chi connectivity index (χ2v) is 6.34. The smallest absolute Gasteiger partial charge is 0.321 e. The van der Waals surface area contributed by atoms with Crippen LogP contribution in [-0.4, -0.2) is 31.4 Å². The molecule has 0 aliphatic rings. The molecule has 1 atom stereocenters. The van der Waals surface area contributed by atoms with E-state index in [0.29, 0.717) is 6.42 Å². The van der Waals surface area contributed by atoms with E-state index in [-0.39, 0.29) is 17.0 Å². The lowest BCUT2D eigenvalue weighted by Crippen LogP contribution is -2.40. The summed E-state index contributed by atoms with van der Waals surface area (Å²) in [5.41, 5.74) is -0.294. The molecule has 0 saturated carbocycles. The molecule has 0 aromatic heterocycles. The van der Waals surface area contributed by atoms with Crippen molar-refractivity contribution in [1.82, 2.24) is 4.72 Å². The number of carbonyl (C=O) groups is 2. The zero-order valence-corrected chi connectivity index (χ0v) is 12.9. The second-order valence-electron chi connectivity index (χ2n) is 4.62. The van der Waals surface area contributed by atoms with Gasteiger partial charge in [-0.25, -0.2) is 12.8 Å². The van der Waals surface area contributed by atoms with Gasteiger partial charge < -0.3 is 10.4 Å². The van der Waals surface area contributed by atoms with Crippen molar-refractivity contribution in [3.63, 3.8) is 0 Å². The van der Waals surface area contributed by atoms with Crippen LogP contribution in [0.15, 0.2) is 23.1 Å². The molecule has 3 N–H and O–H groups in total. The fourth-order valence-electron chi connectivity index (χ4n) is 1.73. The normalized spacial score (nSPS) is 12.7. The first kappa shape index (κ1) is 18.1. The molecule has 1 rings (SSSR count). The van der Waals surface area contributed by atoms with Crippen LogP contribution < -0.4 is 10.0 Å². The Morgan fingerprint density at radius 3 is 2.50 bits per heavy atom. The molecule has 1 aromatic carbocycles. The van der Waals surface area contributed by atoms with Gasteiger partial charge in [0.15, 0.2) is 0 Å². The van der Waals surface area contributed by atoms with Gasteiger partial charge in [0.1, 0.15) is 11.9 Å². The Hall–Kier alpha value is -2.00. The van der Waals surface area contributed by atoms with Gasteiger partial charge >= 0.3 is 5.97 Å². The molecule has 22 heavy (non-hydrogen) atoms. The molecule has 0 fully saturated rings. The van der Waals surface area contributed by atoms with Gasteiger partial charge in [0, 0.05) is 6.92 Å². The Balaban J connectivity index is 3.12. The molecule has 0 spiro atoms. The molecule has 0 aliphatic carbocycles. The van der Waals surface area contributed by atoms with E-state index in [2.05, 4.69) is 5.32 Å². The van der Waals surface area contributed by atoms with E-state index in [4.69, 9.17) is 5.11 Å². The van der Waals surface area contributed by atoms with E-state index in [1.54, 1.807) is 6.92 Å². The highest BCUT2D eigenvalue weighted by Crippen LogP contribution is 2.20. The lowest BCUT2D eigenvalue weighted by atomic mass is 10.2. The first-order chi connectivity index (χ1) is 10.2. The molecule has 122 valence electrons. The van der Waals surface area contributed by atoms with E-state index >= 15 is 0 Å². The zero-order chi connectivity index (χ0) is 16.9. The highest BCUT2D eigenvalue weighted by atomic mass is 32.2. The molecular weight excluding hydrogens is 315 g/mol. The number of halogens is 1. The van der Waals surface area contributed by atoms with Gasteiger partial charge in [0.05, 0.1) is 10.6 Å². The molecule has 1 aromatic rings. The van der Waals surface area contributed by atoms with E-state index in [9.17, 15) is 22.4 Å². The minimum absolute atomic E-state index is 0.119. The number of anilines is 1. The Morgan fingerprint density at radius 1 is 1.36 bits per heavy atom. The standard InChI is InChI=1S/C13H17FN2O5S/c1-3-4-11(13(18)19)16-22(20,21)9-5-6-10(14)12(7-9)15-8(2)17/h5-7,11,16H,3-4H2,1-2H3,(H,15,17)(H,18,19). The molecule has 1 amide bonds. The first-order valence-corrected chi connectivity index (χ1v) is 7.98. The van der Waals surface area contributed by atoms with Crippen molar-refractivity contribution < 1.29 is 27.5 Å². The predicted molar refractivity (Wildman–Crippen MR) is 77.4 cm³/mol. The summed E-state index contributed by atoms with van der Waals surface area (Å²) in [5, 5.41) is 11.2. The molecule has 1 unspecified atom stereocenters. The summed E-state index contributed by atoms with van der Waals surface area (Å²) < 4.78 is 39.9. The third kappa shape index (κ3) is 4.78. The average molecular weight is 332 g/mol. The van der Waals surface area contributed by atoms with Crippen LogP contribution in [0.25, 0.3) is 0 Å². The lowest BCUT2D eigenvalue weighted by Gasteiger charge is -2.14. The van der Waals surface area contributed by atoms with Crippen molar-refractivity contribution >= 4 is 27.6 Å². The monoisotopic (exact) mass is 332 g/mol. The number of aliphatic carboxylic acids is 1. The van der Waals surface area contributed by atoms with Gasteiger partial charge in [-0.05, 0) is 24.6 Å². The van der Waals surface area contributed by atoms with Gasteiger partial charge in [-0.3, -0.25) is 9.59 Å². The number of rotatable bonds is 7. The van der Waals surface area contributed by atoms with Crippen molar-refractivity contribution in [3.8, 4) is 0 Å². The van der Waals surface area contributed by atoms with Crippen molar-refractivity contribution in [2.45, 2.75) is 37.6 Å². The first-order valence-electron chi connectivity index (χ1n) is 6.49.